The predicted molar refractivity (Wildman–Crippen MR) is 102 cm³/mol. The van der Waals surface area contributed by atoms with Crippen LogP contribution >= 0.6 is 15.9 Å². The molecule has 5 heteroatoms. The maximum Gasteiger partial charge on any atom is 0.328 e. The normalized spacial score (nSPS) is 11.9. The van der Waals surface area contributed by atoms with Gasteiger partial charge in [-0.2, -0.15) is 0 Å². The van der Waals surface area contributed by atoms with E-state index < -0.39 is 12.0 Å². The fraction of sp³-hybridized carbons (Fsp3) is 0.300. The second kappa shape index (κ2) is 8.81. The van der Waals surface area contributed by atoms with Crippen LogP contribution in [0.1, 0.15) is 30.6 Å². The Morgan fingerprint density at radius 1 is 1.08 bits per heavy atom. The number of nitrogens with one attached hydrogen (secondary N) is 1. The minimum absolute atomic E-state index is 0.250. The van der Waals surface area contributed by atoms with E-state index in [0.717, 1.165) is 15.6 Å². The Balaban J connectivity index is 2.36. The third-order valence-corrected chi connectivity index (χ3v) is 4.48. The number of esters is 1. The first kappa shape index (κ1) is 19.2. The summed E-state index contributed by atoms with van der Waals surface area (Å²) in [7, 11) is 1.33. The fourth-order valence-corrected chi connectivity index (χ4v) is 3.27. The molecule has 0 aliphatic rings. The van der Waals surface area contributed by atoms with Crippen molar-refractivity contribution in [3.8, 4) is 11.1 Å². The van der Waals surface area contributed by atoms with E-state index in [1.165, 1.54) is 7.11 Å². The van der Waals surface area contributed by atoms with Crippen LogP contribution in [0.15, 0.2) is 53.0 Å². The molecule has 0 saturated heterocycles. The largest absolute Gasteiger partial charge is 0.467 e. The van der Waals surface area contributed by atoms with Crippen molar-refractivity contribution >= 4 is 27.8 Å². The fourth-order valence-electron chi connectivity index (χ4n) is 2.68. The highest BCUT2D eigenvalue weighted by Crippen LogP contribution is 2.31. The molecule has 0 saturated carbocycles. The molecule has 0 heterocycles. The van der Waals surface area contributed by atoms with E-state index in [2.05, 4.69) is 21.2 Å². The lowest BCUT2D eigenvalue weighted by atomic mass is 9.98. The van der Waals surface area contributed by atoms with Crippen molar-refractivity contribution in [3.05, 3.63) is 58.6 Å². The molecular formula is C20H22BrNO3. The SMILES string of the molecule is COC(=O)C(CC(C)C)NC(=O)c1cccc(Br)c1-c1ccccc1. The molecule has 2 rings (SSSR count). The second-order valence-electron chi connectivity index (χ2n) is 6.21. The van der Waals surface area contributed by atoms with Gasteiger partial charge in [-0.15, -0.1) is 0 Å². The van der Waals surface area contributed by atoms with Crippen LogP contribution in [0.2, 0.25) is 0 Å². The molecule has 25 heavy (non-hydrogen) atoms. The van der Waals surface area contributed by atoms with Crippen molar-refractivity contribution in [1.29, 1.82) is 0 Å². The number of benzene rings is 2. The van der Waals surface area contributed by atoms with E-state index in [9.17, 15) is 9.59 Å². The van der Waals surface area contributed by atoms with Gasteiger partial charge in [-0.25, -0.2) is 4.79 Å². The maximum atomic E-state index is 12.9. The van der Waals surface area contributed by atoms with E-state index in [1.807, 2.05) is 50.2 Å². The zero-order chi connectivity index (χ0) is 18.4. The standard InChI is InChI=1S/C20H22BrNO3/c1-13(2)12-17(20(24)25-3)22-19(23)15-10-7-11-16(21)18(15)14-8-5-4-6-9-14/h4-11,13,17H,12H2,1-3H3,(H,22,23). The zero-order valence-electron chi connectivity index (χ0n) is 14.6. The van der Waals surface area contributed by atoms with Crippen molar-refractivity contribution in [2.24, 2.45) is 5.92 Å². The van der Waals surface area contributed by atoms with Crippen LogP contribution < -0.4 is 5.32 Å². The number of amides is 1. The number of ether oxygens (including phenoxy) is 1. The average molecular weight is 404 g/mol. The van der Waals surface area contributed by atoms with Crippen molar-refractivity contribution in [3.63, 3.8) is 0 Å². The Morgan fingerprint density at radius 3 is 2.36 bits per heavy atom. The summed E-state index contributed by atoms with van der Waals surface area (Å²) in [5.74, 6) is -0.477. The molecule has 0 aliphatic carbocycles. The van der Waals surface area contributed by atoms with Gasteiger partial charge in [-0.3, -0.25) is 4.79 Å². The quantitative estimate of drug-likeness (QED) is 0.725. The van der Waals surface area contributed by atoms with E-state index in [4.69, 9.17) is 4.74 Å². The minimum Gasteiger partial charge on any atom is -0.467 e. The third-order valence-electron chi connectivity index (χ3n) is 3.82. The molecule has 0 radical (unpaired) electrons. The van der Waals surface area contributed by atoms with Gasteiger partial charge in [-0.05, 0) is 30.0 Å². The molecule has 0 aliphatic heterocycles. The monoisotopic (exact) mass is 403 g/mol. The summed E-state index contributed by atoms with van der Waals surface area (Å²) in [5.41, 5.74) is 2.24. The van der Waals surface area contributed by atoms with Crippen molar-refractivity contribution in [1.82, 2.24) is 5.32 Å². The molecule has 2 aromatic rings. The first-order chi connectivity index (χ1) is 11.9. The molecular weight excluding hydrogens is 382 g/mol. The molecule has 132 valence electrons. The van der Waals surface area contributed by atoms with Crippen molar-refractivity contribution < 1.29 is 14.3 Å². The van der Waals surface area contributed by atoms with Gasteiger partial charge in [0, 0.05) is 15.6 Å². The van der Waals surface area contributed by atoms with E-state index in [-0.39, 0.29) is 11.8 Å². The number of methoxy groups -OCH3 is 1. The summed E-state index contributed by atoms with van der Waals surface area (Å²) < 4.78 is 5.65. The number of carbonyl (C=O) groups is 2. The molecule has 2 aromatic carbocycles. The molecule has 0 fully saturated rings. The van der Waals surface area contributed by atoms with Crippen LogP contribution in [0, 0.1) is 5.92 Å². The molecule has 1 amide bonds. The number of hydrogen-bond acceptors (Lipinski definition) is 3. The number of carbonyl (C=O) groups excluding carboxylic acids is 2. The lowest BCUT2D eigenvalue weighted by Gasteiger charge is -2.19. The van der Waals surface area contributed by atoms with E-state index in [0.29, 0.717) is 12.0 Å². The van der Waals surface area contributed by atoms with Crippen molar-refractivity contribution in [2.45, 2.75) is 26.3 Å². The summed E-state index contributed by atoms with van der Waals surface area (Å²) in [5, 5.41) is 2.82. The molecule has 1 unspecified atom stereocenters. The minimum atomic E-state index is -0.667. The Labute approximate surface area is 156 Å². The maximum absolute atomic E-state index is 12.9. The summed E-state index contributed by atoms with van der Waals surface area (Å²) in [6.07, 6.45) is 0.521. The molecule has 0 spiro atoms. The highest BCUT2D eigenvalue weighted by atomic mass is 79.9. The van der Waals surface area contributed by atoms with Crippen LogP contribution in [0.3, 0.4) is 0 Å². The summed E-state index contributed by atoms with van der Waals surface area (Å²) in [6, 6.07) is 14.5. The number of halogens is 1. The smallest absolute Gasteiger partial charge is 0.328 e. The topological polar surface area (TPSA) is 55.4 Å². The first-order valence-electron chi connectivity index (χ1n) is 8.16. The number of rotatable bonds is 6. The van der Waals surface area contributed by atoms with Crippen LogP contribution in [0.5, 0.6) is 0 Å². The Kier molecular flexibility index (Phi) is 6.76. The molecule has 1 N–H and O–H groups in total. The van der Waals surface area contributed by atoms with Gasteiger partial charge >= 0.3 is 5.97 Å². The van der Waals surface area contributed by atoms with Gasteiger partial charge in [0.15, 0.2) is 0 Å². The molecule has 4 nitrogen and oxygen atoms in total. The zero-order valence-corrected chi connectivity index (χ0v) is 16.2. The highest BCUT2D eigenvalue weighted by Gasteiger charge is 2.25. The van der Waals surface area contributed by atoms with Gasteiger partial charge < -0.3 is 10.1 Å². The molecule has 0 bridgehead atoms. The highest BCUT2D eigenvalue weighted by molar-refractivity contribution is 9.10. The van der Waals surface area contributed by atoms with Crippen LogP contribution in [-0.4, -0.2) is 25.0 Å². The van der Waals surface area contributed by atoms with Gasteiger partial charge in [0.1, 0.15) is 6.04 Å². The summed E-state index contributed by atoms with van der Waals surface area (Å²) in [4.78, 5) is 24.9. The first-order valence-corrected chi connectivity index (χ1v) is 8.96. The predicted octanol–water partition coefficient (Wildman–Crippen LogP) is 4.43. The number of hydrogen-bond donors (Lipinski definition) is 1. The van der Waals surface area contributed by atoms with E-state index >= 15 is 0 Å². The van der Waals surface area contributed by atoms with Gasteiger partial charge in [0.2, 0.25) is 0 Å². The average Bonchev–Trinajstić information content (AvgIpc) is 2.60. The summed E-state index contributed by atoms with van der Waals surface area (Å²) >= 11 is 3.53. The Hall–Kier alpha value is -2.14. The Morgan fingerprint density at radius 2 is 1.76 bits per heavy atom. The van der Waals surface area contributed by atoms with Gasteiger partial charge in [-0.1, -0.05) is 66.2 Å². The van der Waals surface area contributed by atoms with Gasteiger partial charge in [0.25, 0.3) is 5.91 Å². The van der Waals surface area contributed by atoms with Crippen LogP contribution in [0.4, 0.5) is 0 Å². The molecule has 1 atom stereocenters. The lowest BCUT2D eigenvalue weighted by molar-refractivity contribution is -0.143. The van der Waals surface area contributed by atoms with Crippen LogP contribution in [-0.2, 0) is 9.53 Å². The van der Waals surface area contributed by atoms with E-state index in [1.54, 1.807) is 12.1 Å². The van der Waals surface area contributed by atoms with Crippen LogP contribution in [0.25, 0.3) is 11.1 Å². The summed E-state index contributed by atoms with van der Waals surface area (Å²) in [6.45, 7) is 3.99. The van der Waals surface area contributed by atoms with Gasteiger partial charge in [0.05, 0.1) is 7.11 Å². The lowest BCUT2D eigenvalue weighted by Crippen LogP contribution is -2.42. The van der Waals surface area contributed by atoms with Crippen molar-refractivity contribution in [2.75, 3.05) is 7.11 Å². The molecule has 0 aromatic heterocycles. The Bertz CT molecular complexity index is 744. The second-order valence-corrected chi connectivity index (χ2v) is 7.06. The third kappa shape index (κ3) is 4.92.